The van der Waals surface area contributed by atoms with Gasteiger partial charge in [-0.15, -0.1) is 0 Å². The third-order valence-electron chi connectivity index (χ3n) is 5.50. The van der Waals surface area contributed by atoms with E-state index in [9.17, 15) is 4.39 Å². The van der Waals surface area contributed by atoms with Gasteiger partial charge in [0.15, 0.2) is 11.3 Å². The van der Waals surface area contributed by atoms with E-state index in [0.29, 0.717) is 28.9 Å². The zero-order valence-electron chi connectivity index (χ0n) is 16.4. The lowest BCUT2D eigenvalue weighted by Gasteiger charge is -2.09. The Labute approximate surface area is 176 Å². The number of nitrogens with zero attached hydrogens (tertiary/aromatic N) is 5. The highest BCUT2D eigenvalue weighted by Crippen LogP contribution is 2.28. The van der Waals surface area contributed by atoms with E-state index in [4.69, 9.17) is 4.98 Å². The largest absolute Gasteiger partial charge is 0.309 e. The molecule has 3 heterocycles. The van der Waals surface area contributed by atoms with Crippen LogP contribution in [0.15, 0.2) is 85.5 Å². The Bertz CT molecular complexity index is 1580. The number of pyridine rings is 1. The first-order valence-corrected chi connectivity index (χ1v) is 9.95. The standard InChI is InChI=1S/C25H16FN5/c26-21-12-22-17(7-4-10-27-22)11-18(21)14-31-15-29-24-25(31)30-23(13-28-24)20-9-3-6-16-5-1-2-8-19(16)20/h1-13,15H,14H2. The first-order chi connectivity index (χ1) is 15.3. The van der Waals surface area contributed by atoms with Crippen molar-refractivity contribution in [1.29, 1.82) is 0 Å². The molecule has 0 fully saturated rings. The Kier molecular flexibility index (Phi) is 3.96. The summed E-state index contributed by atoms with van der Waals surface area (Å²) in [5.74, 6) is -0.300. The van der Waals surface area contributed by atoms with Gasteiger partial charge in [-0.2, -0.15) is 0 Å². The van der Waals surface area contributed by atoms with E-state index < -0.39 is 0 Å². The zero-order chi connectivity index (χ0) is 20.8. The molecule has 31 heavy (non-hydrogen) atoms. The van der Waals surface area contributed by atoms with Gasteiger partial charge < -0.3 is 4.57 Å². The van der Waals surface area contributed by atoms with Crippen LogP contribution in [0.1, 0.15) is 5.56 Å². The molecule has 6 heteroatoms. The van der Waals surface area contributed by atoms with Crippen molar-refractivity contribution in [3.8, 4) is 11.3 Å². The predicted octanol–water partition coefficient (Wildman–Crippen LogP) is 5.38. The van der Waals surface area contributed by atoms with Crippen molar-refractivity contribution in [1.82, 2.24) is 24.5 Å². The summed E-state index contributed by atoms with van der Waals surface area (Å²) in [6.07, 6.45) is 5.06. The summed E-state index contributed by atoms with van der Waals surface area (Å²) in [5, 5.41) is 3.14. The van der Waals surface area contributed by atoms with Gasteiger partial charge >= 0.3 is 0 Å². The molecule has 3 aromatic heterocycles. The minimum absolute atomic E-state index is 0.300. The van der Waals surface area contributed by atoms with Crippen molar-refractivity contribution in [2.75, 3.05) is 0 Å². The Morgan fingerprint density at radius 3 is 2.68 bits per heavy atom. The smallest absolute Gasteiger partial charge is 0.197 e. The molecule has 0 aliphatic carbocycles. The highest BCUT2D eigenvalue weighted by Gasteiger charge is 2.13. The minimum atomic E-state index is -0.300. The Hall–Kier alpha value is -4.19. The van der Waals surface area contributed by atoms with Crippen LogP contribution in [0, 0.1) is 5.82 Å². The second-order valence-electron chi connectivity index (χ2n) is 7.44. The minimum Gasteiger partial charge on any atom is -0.309 e. The number of rotatable bonds is 3. The molecule has 0 saturated carbocycles. The maximum absolute atomic E-state index is 14.7. The van der Waals surface area contributed by atoms with Gasteiger partial charge in [0.2, 0.25) is 0 Å². The molecule has 0 bridgehead atoms. The van der Waals surface area contributed by atoms with Crippen LogP contribution >= 0.6 is 0 Å². The number of benzene rings is 3. The molecule has 0 amide bonds. The first kappa shape index (κ1) is 17.7. The topological polar surface area (TPSA) is 56.5 Å². The number of hydrogen-bond acceptors (Lipinski definition) is 4. The Morgan fingerprint density at radius 1 is 0.839 bits per heavy atom. The van der Waals surface area contributed by atoms with Crippen molar-refractivity contribution in [3.05, 3.63) is 96.8 Å². The molecule has 3 aromatic carbocycles. The first-order valence-electron chi connectivity index (χ1n) is 9.95. The molecule has 0 spiro atoms. The van der Waals surface area contributed by atoms with Crippen molar-refractivity contribution in [3.63, 3.8) is 0 Å². The van der Waals surface area contributed by atoms with Crippen LogP contribution in [-0.2, 0) is 6.54 Å². The summed E-state index contributed by atoms with van der Waals surface area (Å²) in [6.45, 7) is 0.306. The van der Waals surface area contributed by atoms with E-state index in [1.54, 1.807) is 18.7 Å². The van der Waals surface area contributed by atoms with Gasteiger partial charge in [-0.05, 0) is 22.9 Å². The number of fused-ring (bicyclic) bond motifs is 3. The van der Waals surface area contributed by atoms with Crippen LogP contribution < -0.4 is 0 Å². The average Bonchev–Trinajstić information content (AvgIpc) is 3.21. The lowest BCUT2D eigenvalue weighted by atomic mass is 10.0. The average molecular weight is 405 g/mol. The highest BCUT2D eigenvalue weighted by molar-refractivity contribution is 5.96. The van der Waals surface area contributed by atoms with Crippen molar-refractivity contribution < 1.29 is 4.39 Å². The SMILES string of the molecule is Fc1cc2ncccc2cc1Cn1cnc2ncc(-c3cccc4ccccc34)nc21. The monoisotopic (exact) mass is 405 g/mol. The Morgan fingerprint density at radius 2 is 1.71 bits per heavy atom. The second kappa shape index (κ2) is 6.95. The van der Waals surface area contributed by atoms with Gasteiger partial charge in [0.05, 0.1) is 30.3 Å². The normalized spacial score (nSPS) is 11.5. The summed E-state index contributed by atoms with van der Waals surface area (Å²) in [7, 11) is 0. The van der Waals surface area contributed by atoms with Gasteiger partial charge in [0.1, 0.15) is 5.82 Å². The van der Waals surface area contributed by atoms with Crippen LogP contribution in [0.4, 0.5) is 4.39 Å². The van der Waals surface area contributed by atoms with Gasteiger partial charge in [-0.1, -0.05) is 48.5 Å². The fraction of sp³-hybridized carbons (Fsp3) is 0.0400. The van der Waals surface area contributed by atoms with Gasteiger partial charge in [-0.25, -0.2) is 19.3 Å². The molecule has 0 aliphatic heterocycles. The molecule has 6 aromatic rings. The van der Waals surface area contributed by atoms with E-state index in [1.807, 2.05) is 47.0 Å². The van der Waals surface area contributed by atoms with Crippen molar-refractivity contribution in [2.45, 2.75) is 6.54 Å². The van der Waals surface area contributed by atoms with Crippen LogP contribution in [0.3, 0.4) is 0 Å². The highest BCUT2D eigenvalue weighted by atomic mass is 19.1. The molecule has 0 N–H and O–H groups in total. The van der Waals surface area contributed by atoms with Gasteiger partial charge in [0, 0.05) is 28.8 Å². The number of hydrogen-bond donors (Lipinski definition) is 0. The van der Waals surface area contributed by atoms with Crippen LogP contribution in [0.5, 0.6) is 0 Å². The summed E-state index contributed by atoms with van der Waals surface area (Å²) < 4.78 is 16.6. The third kappa shape index (κ3) is 3.00. The van der Waals surface area contributed by atoms with E-state index in [2.05, 4.69) is 33.2 Å². The molecular formula is C25H16FN5. The molecular weight excluding hydrogens is 389 g/mol. The van der Waals surface area contributed by atoms with E-state index >= 15 is 0 Å². The molecule has 148 valence electrons. The molecule has 0 aliphatic rings. The van der Waals surface area contributed by atoms with Crippen LogP contribution in [0.25, 0.3) is 44.2 Å². The number of aromatic nitrogens is 5. The van der Waals surface area contributed by atoms with Crippen molar-refractivity contribution >= 4 is 33.0 Å². The van der Waals surface area contributed by atoms with Gasteiger partial charge in [0.25, 0.3) is 0 Å². The fourth-order valence-corrected chi connectivity index (χ4v) is 3.98. The summed E-state index contributed by atoms with van der Waals surface area (Å²) in [6, 6.07) is 21.4. The number of imidazole rings is 1. The van der Waals surface area contributed by atoms with E-state index in [-0.39, 0.29) is 5.82 Å². The number of halogens is 1. The van der Waals surface area contributed by atoms with E-state index in [1.165, 1.54) is 6.07 Å². The fourth-order valence-electron chi connectivity index (χ4n) is 3.98. The molecule has 0 radical (unpaired) electrons. The zero-order valence-corrected chi connectivity index (χ0v) is 16.4. The molecule has 5 nitrogen and oxygen atoms in total. The summed E-state index contributed by atoms with van der Waals surface area (Å²) in [5.41, 5.74) is 4.11. The third-order valence-corrected chi connectivity index (χ3v) is 5.50. The molecule has 0 saturated heterocycles. The Balaban J connectivity index is 1.46. The van der Waals surface area contributed by atoms with Crippen LogP contribution in [0.2, 0.25) is 0 Å². The maximum atomic E-state index is 14.7. The lowest BCUT2D eigenvalue weighted by molar-refractivity contribution is 0.603. The molecule has 6 rings (SSSR count). The lowest BCUT2D eigenvalue weighted by Crippen LogP contribution is -2.03. The van der Waals surface area contributed by atoms with Gasteiger partial charge in [-0.3, -0.25) is 4.98 Å². The maximum Gasteiger partial charge on any atom is 0.197 e. The van der Waals surface area contributed by atoms with E-state index in [0.717, 1.165) is 27.4 Å². The quantitative estimate of drug-likeness (QED) is 0.397. The molecule has 0 unspecified atom stereocenters. The van der Waals surface area contributed by atoms with Crippen molar-refractivity contribution in [2.24, 2.45) is 0 Å². The molecule has 0 atom stereocenters. The summed E-state index contributed by atoms with van der Waals surface area (Å²) >= 11 is 0. The summed E-state index contributed by atoms with van der Waals surface area (Å²) in [4.78, 5) is 17.9. The second-order valence-corrected chi connectivity index (χ2v) is 7.44. The van der Waals surface area contributed by atoms with Crippen LogP contribution in [-0.4, -0.2) is 24.5 Å². The predicted molar refractivity (Wildman–Crippen MR) is 119 cm³/mol.